The van der Waals surface area contributed by atoms with Crippen molar-refractivity contribution in [2.45, 2.75) is 77.3 Å². The first-order valence-corrected chi connectivity index (χ1v) is 9.02. The molecule has 23 heavy (non-hydrogen) atoms. The smallest absolute Gasteiger partial charge is 0.169 e. The molecule has 2 rings (SSSR count). The van der Waals surface area contributed by atoms with Crippen LogP contribution in [-0.2, 0) is 14.3 Å². The van der Waals surface area contributed by atoms with Gasteiger partial charge in [0.25, 0.3) is 0 Å². The first-order chi connectivity index (χ1) is 10.8. The van der Waals surface area contributed by atoms with Gasteiger partial charge in [-0.25, -0.2) is 0 Å². The summed E-state index contributed by atoms with van der Waals surface area (Å²) in [6.07, 6.45) is 4.49. The number of hydrogen-bond donors (Lipinski definition) is 1. The molecule has 2 aliphatic rings. The molecule has 1 saturated carbocycles. The summed E-state index contributed by atoms with van der Waals surface area (Å²) in [6, 6.07) is 0. The van der Waals surface area contributed by atoms with Crippen molar-refractivity contribution in [3.63, 3.8) is 0 Å². The summed E-state index contributed by atoms with van der Waals surface area (Å²) >= 11 is 0. The Kier molecular flexibility index (Phi) is 5.88. The van der Waals surface area contributed by atoms with Gasteiger partial charge in [0, 0.05) is 24.8 Å². The second-order valence-corrected chi connectivity index (χ2v) is 7.73. The average molecular weight is 327 g/mol. The summed E-state index contributed by atoms with van der Waals surface area (Å²) in [4.78, 5) is 13.7. The topological polar surface area (TPSA) is 59.0 Å². The summed E-state index contributed by atoms with van der Waals surface area (Å²) in [5.74, 6) is -0.554. The fourth-order valence-electron chi connectivity index (χ4n) is 3.75. The highest BCUT2D eigenvalue weighted by Crippen LogP contribution is 2.47. The third-order valence-electron chi connectivity index (χ3n) is 5.70. The zero-order valence-electron chi connectivity index (χ0n) is 15.1. The summed E-state index contributed by atoms with van der Waals surface area (Å²) in [5.41, 5.74) is -1.69. The number of ether oxygens (including phenoxy) is 2. The lowest BCUT2D eigenvalue weighted by molar-refractivity contribution is -0.224. The van der Waals surface area contributed by atoms with Gasteiger partial charge in [-0.15, -0.1) is 0 Å². The molecule has 2 fully saturated rings. The Balaban J connectivity index is 1.91. The normalized spacial score (nSPS) is 35.1. The van der Waals surface area contributed by atoms with E-state index in [1.54, 1.807) is 13.8 Å². The third-order valence-corrected chi connectivity index (χ3v) is 5.70. The van der Waals surface area contributed by atoms with E-state index in [2.05, 4.69) is 18.7 Å². The predicted octanol–water partition coefficient (Wildman–Crippen LogP) is 2.36. The molecular formula is C18H33NO4. The fraction of sp³-hybridized carbons (Fsp3) is 0.944. The van der Waals surface area contributed by atoms with Gasteiger partial charge < -0.3 is 24.3 Å². The summed E-state index contributed by atoms with van der Waals surface area (Å²) in [7, 11) is 0. The molecule has 1 heterocycles. The number of hydrogen-bond acceptors (Lipinski definition) is 5. The predicted molar refractivity (Wildman–Crippen MR) is 89.2 cm³/mol. The molecule has 1 aliphatic heterocycles. The van der Waals surface area contributed by atoms with Gasteiger partial charge in [-0.2, -0.15) is 0 Å². The van der Waals surface area contributed by atoms with Crippen LogP contribution >= 0.6 is 0 Å². The Morgan fingerprint density at radius 1 is 1.26 bits per heavy atom. The van der Waals surface area contributed by atoms with Crippen LogP contribution in [0.15, 0.2) is 0 Å². The van der Waals surface area contributed by atoms with Gasteiger partial charge in [0.15, 0.2) is 5.79 Å². The lowest BCUT2D eigenvalue weighted by Gasteiger charge is -2.46. The van der Waals surface area contributed by atoms with Crippen LogP contribution in [0.2, 0.25) is 0 Å². The number of carbonyl (C=O) groups excluding carboxylic acids is 1. The molecule has 0 bridgehead atoms. The van der Waals surface area contributed by atoms with Gasteiger partial charge in [0.2, 0.25) is 0 Å². The van der Waals surface area contributed by atoms with E-state index in [-0.39, 0.29) is 6.10 Å². The minimum atomic E-state index is -0.956. The van der Waals surface area contributed by atoms with E-state index >= 15 is 0 Å². The molecule has 0 aromatic carbocycles. The first kappa shape index (κ1) is 18.8. The van der Waals surface area contributed by atoms with Gasteiger partial charge in [0.05, 0.1) is 18.3 Å². The number of carbonyl (C=O) groups is 1. The minimum Gasteiger partial charge on any atom is -0.389 e. The molecule has 0 radical (unpaired) electrons. The summed E-state index contributed by atoms with van der Waals surface area (Å²) in [6.45, 7) is 11.6. The minimum absolute atomic E-state index is 0.103. The second kappa shape index (κ2) is 7.18. The van der Waals surface area contributed by atoms with E-state index in [1.165, 1.54) is 0 Å². The first-order valence-electron chi connectivity index (χ1n) is 9.02. The SMILES string of the molecule is CCCN(CC)CC1COC2(CCC(O)(C(C)(C)C=O)CC2)O1. The Labute approximate surface area is 140 Å². The lowest BCUT2D eigenvalue weighted by Crippen LogP contribution is -2.52. The van der Waals surface area contributed by atoms with Gasteiger partial charge >= 0.3 is 0 Å². The second-order valence-electron chi connectivity index (χ2n) is 7.73. The molecule has 1 spiro atoms. The third kappa shape index (κ3) is 3.95. The molecule has 1 atom stereocenters. The van der Waals surface area contributed by atoms with Crippen LogP contribution in [0.4, 0.5) is 0 Å². The maximum Gasteiger partial charge on any atom is 0.169 e. The highest BCUT2D eigenvalue weighted by molar-refractivity contribution is 5.60. The number of rotatable bonds is 7. The van der Waals surface area contributed by atoms with E-state index in [0.717, 1.165) is 32.3 Å². The van der Waals surface area contributed by atoms with E-state index in [4.69, 9.17) is 9.47 Å². The fourth-order valence-corrected chi connectivity index (χ4v) is 3.75. The van der Waals surface area contributed by atoms with Crippen LogP contribution in [0.5, 0.6) is 0 Å². The number of aliphatic hydroxyl groups is 1. The average Bonchev–Trinajstić information content (AvgIpc) is 2.93. The lowest BCUT2D eigenvalue weighted by atomic mass is 9.66. The number of likely N-dealkylation sites (N-methyl/N-ethyl adjacent to an activating group) is 1. The monoisotopic (exact) mass is 327 g/mol. The zero-order valence-corrected chi connectivity index (χ0v) is 15.1. The number of aldehydes is 1. The molecule has 5 nitrogen and oxygen atoms in total. The maximum absolute atomic E-state index is 11.3. The van der Waals surface area contributed by atoms with Crippen molar-refractivity contribution < 1.29 is 19.4 Å². The van der Waals surface area contributed by atoms with Crippen LogP contribution in [0, 0.1) is 5.41 Å². The van der Waals surface area contributed by atoms with Crippen LogP contribution in [0.3, 0.4) is 0 Å². The van der Waals surface area contributed by atoms with Crippen LogP contribution in [0.1, 0.15) is 59.8 Å². The summed E-state index contributed by atoms with van der Waals surface area (Å²) in [5, 5.41) is 10.8. The summed E-state index contributed by atoms with van der Waals surface area (Å²) < 4.78 is 12.3. The molecule has 1 saturated heterocycles. The van der Waals surface area contributed by atoms with Crippen LogP contribution in [0.25, 0.3) is 0 Å². The van der Waals surface area contributed by atoms with E-state index in [9.17, 15) is 9.90 Å². The van der Waals surface area contributed by atoms with Gasteiger partial charge in [-0.05, 0) is 32.4 Å². The molecule has 134 valence electrons. The molecule has 1 aliphatic carbocycles. The van der Waals surface area contributed by atoms with Gasteiger partial charge in [-0.3, -0.25) is 0 Å². The highest BCUT2D eigenvalue weighted by atomic mass is 16.7. The molecule has 5 heteroatoms. The Morgan fingerprint density at radius 3 is 2.43 bits per heavy atom. The quantitative estimate of drug-likeness (QED) is 0.728. The van der Waals surface area contributed by atoms with E-state index < -0.39 is 16.8 Å². The molecule has 1 N–H and O–H groups in total. The number of nitrogens with zero attached hydrogens (tertiary/aromatic N) is 1. The van der Waals surface area contributed by atoms with E-state index in [0.29, 0.717) is 32.3 Å². The molecule has 1 unspecified atom stereocenters. The zero-order chi connectivity index (χ0) is 17.1. The molecular weight excluding hydrogens is 294 g/mol. The van der Waals surface area contributed by atoms with E-state index in [1.807, 2.05) is 0 Å². The Bertz CT molecular complexity index is 402. The molecule has 0 amide bonds. The highest BCUT2D eigenvalue weighted by Gasteiger charge is 2.53. The van der Waals surface area contributed by atoms with Crippen LogP contribution < -0.4 is 0 Å². The Morgan fingerprint density at radius 2 is 1.91 bits per heavy atom. The maximum atomic E-state index is 11.3. The van der Waals surface area contributed by atoms with Gasteiger partial charge in [0.1, 0.15) is 6.29 Å². The van der Waals surface area contributed by atoms with Crippen molar-refractivity contribution in [2.75, 3.05) is 26.2 Å². The molecule has 0 aromatic rings. The van der Waals surface area contributed by atoms with Crippen molar-refractivity contribution in [2.24, 2.45) is 5.41 Å². The Hall–Kier alpha value is -0.490. The van der Waals surface area contributed by atoms with Gasteiger partial charge in [-0.1, -0.05) is 27.7 Å². The standard InChI is InChI=1S/C18H33NO4/c1-5-11-19(6-2)12-15-13-22-18(23-15)9-7-17(21,8-10-18)16(3,4)14-20/h14-15,21H,5-13H2,1-4H3. The van der Waals surface area contributed by atoms with Crippen molar-refractivity contribution in [3.8, 4) is 0 Å². The molecule has 0 aromatic heterocycles. The van der Waals surface area contributed by atoms with Crippen molar-refractivity contribution in [1.29, 1.82) is 0 Å². The van der Waals surface area contributed by atoms with Crippen molar-refractivity contribution in [1.82, 2.24) is 4.90 Å². The van der Waals surface area contributed by atoms with Crippen molar-refractivity contribution in [3.05, 3.63) is 0 Å². The largest absolute Gasteiger partial charge is 0.389 e. The van der Waals surface area contributed by atoms with Crippen molar-refractivity contribution >= 4 is 6.29 Å². The van der Waals surface area contributed by atoms with Crippen LogP contribution in [-0.4, -0.2) is 60.0 Å².